The summed E-state index contributed by atoms with van der Waals surface area (Å²) in [4.78, 5) is 24.2. The minimum absolute atomic E-state index is 0.123. The van der Waals surface area contributed by atoms with Crippen molar-refractivity contribution in [2.75, 3.05) is 6.54 Å². The first kappa shape index (κ1) is 17.3. The average Bonchev–Trinajstić information content (AvgIpc) is 2.91. The molecule has 1 aromatic carbocycles. The second kappa shape index (κ2) is 7.17. The van der Waals surface area contributed by atoms with Crippen LogP contribution in [0.5, 0.6) is 0 Å². The van der Waals surface area contributed by atoms with E-state index in [4.69, 9.17) is 4.42 Å². The summed E-state index contributed by atoms with van der Waals surface area (Å²) in [5.41, 5.74) is 1.85. The van der Waals surface area contributed by atoms with Crippen LogP contribution in [0.25, 0.3) is 11.0 Å². The zero-order valence-electron chi connectivity index (χ0n) is 14.9. The third-order valence-corrected chi connectivity index (χ3v) is 4.71. The van der Waals surface area contributed by atoms with Crippen molar-refractivity contribution in [3.8, 4) is 0 Å². The number of benzene rings is 1. The van der Waals surface area contributed by atoms with Gasteiger partial charge in [-0.05, 0) is 31.7 Å². The summed E-state index contributed by atoms with van der Waals surface area (Å²) in [6.45, 7) is 6.74. The Kier molecular flexibility index (Phi) is 4.97. The number of urea groups is 1. The summed E-state index contributed by atoms with van der Waals surface area (Å²) in [5.74, 6) is 0.784. The Morgan fingerprint density at radius 2 is 2.08 bits per heavy atom. The Morgan fingerprint density at radius 3 is 2.76 bits per heavy atom. The fraction of sp³-hybridized carbons (Fsp3) is 0.474. The van der Waals surface area contributed by atoms with Gasteiger partial charge in [-0.25, -0.2) is 4.79 Å². The van der Waals surface area contributed by atoms with Gasteiger partial charge in [0.05, 0.1) is 6.04 Å². The quantitative estimate of drug-likeness (QED) is 0.798. The lowest BCUT2D eigenvalue weighted by Crippen LogP contribution is -2.53. The molecule has 1 saturated heterocycles. The maximum atomic E-state index is 12.4. The zero-order valence-corrected chi connectivity index (χ0v) is 14.9. The first-order valence-corrected chi connectivity index (χ1v) is 8.80. The molecule has 2 aromatic rings. The molecule has 0 spiro atoms. The first-order chi connectivity index (χ1) is 12.0. The highest BCUT2D eigenvalue weighted by Gasteiger charge is 2.28. The van der Waals surface area contributed by atoms with E-state index in [0.717, 1.165) is 28.7 Å². The number of amides is 3. The molecule has 0 radical (unpaired) electrons. The number of hydrogen-bond acceptors (Lipinski definition) is 3. The molecule has 3 rings (SSSR count). The molecule has 0 bridgehead atoms. The van der Waals surface area contributed by atoms with Crippen molar-refractivity contribution < 1.29 is 14.0 Å². The van der Waals surface area contributed by atoms with Crippen molar-refractivity contribution in [3.05, 3.63) is 35.6 Å². The maximum Gasteiger partial charge on any atom is 0.316 e. The van der Waals surface area contributed by atoms with Crippen molar-refractivity contribution in [3.63, 3.8) is 0 Å². The highest BCUT2D eigenvalue weighted by Crippen LogP contribution is 2.32. The van der Waals surface area contributed by atoms with Crippen molar-refractivity contribution in [1.82, 2.24) is 16.0 Å². The molecule has 1 aliphatic heterocycles. The van der Waals surface area contributed by atoms with Crippen LogP contribution in [0, 0.1) is 12.8 Å². The van der Waals surface area contributed by atoms with Gasteiger partial charge in [-0.1, -0.05) is 32.0 Å². The summed E-state index contributed by atoms with van der Waals surface area (Å²) in [6, 6.07) is 6.76. The van der Waals surface area contributed by atoms with Crippen LogP contribution in [-0.4, -0.2) is 24.5 Å². The number of aryl methyl sites for hydroxylation is 1. The normalized spacial score (nSPS) is 18.9. The monoisotopic (exact) mass is 343 g/mol. The SMILES string of the molecule is Cc1c(C(NC(=O)NC2CCCNC2=O)C(C)C)oc2ccccc12. The van der Waals surface area contributed by atoms with Crippen LogP contribution in [0.2, 0.25) is 0 Å². The molecule has 6 nitrogen and oxygen atoms in total. The summed E-state index contributed by atoms with van der Waals surface area (Å²) in [5, 5.41) is 9.58. The van der Waals surface area contributed by atoms with Gasteiger partial charge >= 0.3 is 6.03 Å². The van der Waals surface area contributed by atoms with Gasteiger partial charge in [-0.3, -0.25) is 4.79 Å². The maximum absolute atomic E-state index is 12.4. The van der Waals surface area contributed by atoms with E-state index in [1.807, 2.05) is 45.0 Å². The molecular weight excluding hydrogens is 318 g/mol. The molecule has 2 unspecified atom stereocenters. The second-order valence-corrected chi connectivity index (χ2v) is 6.91. The van der Waals surface area contributed by atoms with Crippen LogP contribution >= 0.6 is 0 Å². The van der Waals surface area contributed by atoms with E-state index in [1.165, 1.54) is 0 Å². The highest BCUT2D eigenvalue weighted by molar-refractivity contribution is 5.88. The number of hydrogen-bond donors (Lipinski definition) is 3. The highest BCUT2D eigenvalue weighted by atomic mass is 16.3. The number of para-hydroxylation sites is 1. The van der Waals surface area contributed by atoms with Gasteiger partial charge in [0.1, 0.15) is 17.4 Å². The molecule has 2 atom stereocenters. The lowest BCUT2D eigenvalue weighted by atomic mass is 9.98. The van der Waals surface area contributed by atoms with E-state index in [2.05, 4.69) is 16.0 Å². The number of carbonyl (C=O) groups is 2. The van der Waals surface area contributed by atoms with Crippen molar-refractivity contribution >= 4 is 22.9 Å². The van der Waals surface area contributed by atoms with Gasteiger partial charge in [0, 0.05) is 17.5 Å². The van der Waals surface area contributed by atoms with E-state index in [0.29, 0.717) is 13.0 Å². The van der Waals surface area contributed by atoms with E-state index >= 15 is 0 Å². The minimum Gasteiger partial charge on any atom is -0.459 e. The largest absolute Gasteiger partial charge is 0.459 e. The number of carbonyl (C=O) groups excluding carboxylic acids is 2. The van der Waals surface area contributed by atoms with E-state index in [9.17, 15) is 9.59 Å². The molecule has 134 valence electrons. The molecule has 0 aliphatic carbocycles. The number of piperidine rings is 1. The zero-order chi connectivity index (χ0) is 18.0. The molecule has 3 amide bonds. The van der Waals surface area contributed by atoms with Crippen LogP contribution in [0.15, 0.2) is 28.7 Å². The van der Waals surface area contributed by atoms with Crippen LogP contribution in [0.3, 0.4) is 0 Å². The number of rotatable bonds is 4. The lowest BCUT2D eigenvalue weighted by Gasteiger charge is -2.26. The Hall–Kier alpha value is -2.50. The molecule has 0 saturated carbocycles. The van der Waals surface area contributed by atoms with Crippen molar-refractivity contribution in [2.24, 2.45) is 5.92 Å². The summed E-state index contributed by atoms with van der Waals surface area (Å²) in [7, 11) is 0. The number of fused-ring (bicyclic) bond motifs is 1. The molecule has 3 N–H and O–H groups in total. The molecule has 1 fully saturated rings. The topological polar surface area (TPSA) is 83.4 Å². The Bertz CT molecular complexity index is 781. The predicted octanol–water partition coefficient (Wildman–Crippen LogP) is 3.02. The van der Waals surface area contributed by atoms with Crippen LogP contribution in [-0.2, 0) is 4.79 Å². The summed E-state index contributed by atoms with van der Waals surface area (Å²) >= 11 is 0. The van der Waals surface area contributed by atoms with Gasteiger partial charge in [-0.15, -0.1) is 0 Å². The van der Waals surface area contributed by atoms with Crippen LogP contribution in [0.4, 0.5) is 4.79 Å². The smallest absolute Gasteiger partial charge is 0.316 e. The van der Waals surface area contributed by atoms with E-state index in [1.54, 1.807) is 0 Å². The Morgan fingerprint density at radius 1 is 1.32 bits per heavy atom. The van der Waals surface area contributed by atoms with Gasteiger partial charge < -0.3 is 20.4 Å². The number of furan rings is 1. The molecule has 25 heavy (non-hydrogen) atoms. The molecule has 2 heterocycles. The average molecular weight is 343 g/mol. The standard InChI is InChI=1S/C19H25N3O3/c1-11(2)16(17-12(3)13-7-4-5-9-15(13)25-17)22-19(24)21-14-8-6-10-20-18(14)23/h4-5,7,9,11,14,16H,6,8,10H2,1-3H3,(H,20,23)(H2,21,22,24). The van der Waals surface area contributed by atoms with Crippen LogP contribution < -0.4 is 16.0 Å². The number of nitrogens with one attached hydrogen (secondary N) is 3. The molecule has 6 heteroatoms. The van der Waals surface area contributed by atoms with Gasteiger partial charge in [0.25, 0.3) is 0 Å². The Labute approximate surface area is 147 Å². The minimum atomic E-state index is -0.474. The van der Waals surface area contributed by atoms with E-state index < -0.39 is 6.04 Å². The Balaban J connectivity index is 1.77. The summed E-state index contributed by atoms with van der Waals surface area (Å²) in [6.07, 6.45) is 1.53. The van der Waals surface area contributed by atoms with Crippen molar-refractivity contribution in [1.29, 1.82) is 0 Å². The third-order valence-electron chi connectivity index (χ3n) is 4.71. The van der Waals surface area contributed by atoms with Gasteiger partial charge in [0.2, 0.25) is 5.91 Å². The fourth-order valence-electron chi connectivity index (χ4n) is 3.28. The van der Waals surface area contributed by atoms with Crippen molar-refractivity contribution in [2.45, 2.75) is 45.7 Å². The second-order valence-electron chi connectivity index (χ2n) is 6.91. The van der Waals surface area contributed by atoms with Gasteiger partial charge in [-0.2, -0.15) is 0 Å². The fourth-order valence-corrected chi connectivity index (χ4v) is 3.28. The first-order valence-electron chi connectivity index (χ1n) is 8.80. The third kappa shape index (κ3) is 3.62. The van der Waals surface area contributed by atoms with Gasteiger partial charge in [0.15, 0.2) is 0 Å². The molecule has 1 aromatic heterocycles. The van der Waals surface area contributed by atoms with E-state index in [-0.39, 0.29) is 23.9 Å². The predicted molar refractivity (Wildman–Crippen MR) is 96.2 cm³/mol. The molecular formula is C19H25N3O3. The van der Waals surface area contributed by atoms with Crippen LogP contribution in [0.1, 0.15) is 44.1 Å². The summed E-state index contributed by atoms with van der Waals surface area (Å²) < 4.78 is 6.01. The molecule has 1 aliphatic rings. The lowest BCUT2D eigenvalue weighted by molar-refractivity contribution is -0.124.